The first-order chi connectivity index (χ1) is 8.74. The van der Waals surface area contributed by atoms with Gasteiger partial charge in [0, 0.05) is 13.2 Å². The van der Waals surface area contributed by atoms with Crippen LogP contribution in [0, 0.1) is 0 Å². The van der Waals surface area contributed by atoms with Gasteiger partial charge in [0.1, 0.15) is 13.2 Å². The number of nitrogens with two attached hydrogens (primary N) is 1. The molecule has 1 aromatic rings. The number of methoxy groups -OCH3 is 1. The van der Waals surface area contributed by atoms with Crippen molar-refractivity contribution in [3.05, 3.63) is 23.8 Å². The van der Waals surface area contributed by atoms with Crippen molar-refractivity contribution in [2.45, 2.75) is 25.5 Å². The number of rotatable bonds is 5. The molecule has 0 amide bonds. The highest BCUT2D eigenvalue weighted by Gasteiger charge is 2.18. The third-order valence-corrected chi connectivity index (χ3v) is 3.14. The average Bonchev–Trinajstić information content (AvgIpc) is 2.44. The standard InChI is InChI=1S/C13H20N2O3/c1-9(16-2)7-11(15-14)10-3-4-12-13(8-10)18-6-5-17-12/h3-4,8-9,11,15H,5-7,14H2,1-2H3. The minimum absolute atomic E-state index is 0.0378. The summed E-state index contributed by atoms with van der Waals surface area (Å²) in [6.45, 7) is 3.21. The average molecular weight is 252 g/mol. The number of benzene rings is 1. The van der Waals surface area contributed by atoms with Gasteiger partial charge in [0.15, 0.2) is 11.5 Å². The molecule has 1 aliphatic heterocycles. The van der Waals surface area contributed by atoms with Gasteiger partial charge in [-0.1, -0.05) is 6.07 Å². The maximum atomic E-state index is 5.61. The summed E-state index contributed by atoms with van der Waals surface area (Å²) in [4.78, 5) is 0. The van der Waals surface area contributed by atoms with Crippen LogP contribution in [0.15, 0.2) is 18.2 Å². The van der Waals surface area contributed by atoms with Gasteiger partial charge in [0.25, 0.3) is 0 Å². The Balaban J connectivity index is 2.15. The molecule has 0 bridgehead atoms. The van der Waals surface area contributed by atoms with E-state index in [0.717, 1.165) is 23.5 Å². The Kier molecular flexibility index (Phi) is 4.41. The summed E-state index contributed by atoms with van der Waals surface area (Å²) < 4.78 is 16.3. The molecule has 1 aliphatic rings. The molecule has 5 heteroatoms. The maximum Gasteiger partial charge on any atom is 0.161 e. The fourth-order valence-corrected chi connectivity index (χ4v) is 2.01. The third kappa shape index (κ3) is 2.93. The van der Waals surface area contributed by atoms with Gasteiger partial charge < -0.3 is 14.2 Å². The molecule has 0 aromatic heterocycles. The Morgan fingerprint density at radius 2 is 2.06 bits per heavy atom. The zero-order valence-electron chi connectivity index (χ0n) is 10.8. The summed E-state index contributed by atoms with van der Waals surface area (Å²) in [7, 11) is 1.70. The topological polar surface area (TPSA) is 65.7 Å². The van der Waals surface area contributed by atoms with E-state index in [1.54, 1.807) is 7.11 Å². The quantitative estimate of drug-likeness (QED) is 0.612. The molecule has 3 N–H and O–H groups in total. The fourth-order valence-electron chi connectivity index (χ4n) is 2.01. The molecule has 2 atom stereocenters. The van der Waals surface area contributed by atoms with Crippen molar-refractivity contribution < 1.29 is 14.2 Å². The summed E-state index contributed by atoms with van der Waals surface area (Å²) in [5.74, 6) is 7.18. The Morgan fingerprint density at radius 1 is 1.33 bits per heavy atom. The molecule has 18 heavy (non-hydrogen) atoms. The normalized spacial score (nSPS) is 17.3. The largest absolute Gasteiger partial charge is 0.486 e. The van der Waals surface area contributed by atoms with E-state index in [1.165, 1.54) is 0 Å². The van der Waals surface area contributed by atoms with Gasteiger partial charge in [-0.2, -0.15) is 0 Å². The molecule has 0 aliphatic carbocycles. The monoisotopic (exact) mass is 252 g/mol. The molecule has 0 spiro atoms. The zero-order chi connectivity index (χ0) is 13.0. The second kappa shape index (κ2) is 6.04. The molecule has 0 saturated heterocycles. The first-order valence-corrected chi connectivity index (χ1v) is 6.13. The molecular weight excluding hydrogens is 232 g/mol. The van der Waals surface area contributed by atoms with Crippen molar-refractivity contribution >= 4 is 0 Å². The third-order valence-electron chi connectivity index (χ3n) is 3.14. The number of nitrogens with one attached hydrogen (secondary N) is 1. The van der Waals surface area contributed by atoms with Crippen LogP contribution in [0.2, 0.25) is 0 Å². The molecule has 2 unspecified atom stereocenters. The molecule has 2 rings (SSSR count). The van der Waals surface area contributed by atoms with Crippen molar-refractivity contribution in [3.63, 3.8) is 0 Å². The zero-order valence-corrected chi connectivity index (χ0v) is 10.8. The van der Waals surface area contributed by atoms with Crippen LogP contribution in [0.25, 0.3) is 0 Å². The SMILES string of the molecule is COC(C)CC(NN)c1ccc2c(c1)OCCO2. The van der Waals surface area contributed by atoms with E-state index in [1.807, 2.05) is 25.1 Å². The van der Waals surface area contributed by atoms with Crippen molar-refractivity contribution in [1.82, 2.24) is 5.43 Å². The molecular formula is C13H20N2O3. The number of hydrogen-bond donors (Lipinski definition) is 2. The number of fused-ring (bicyclic) bond motifs is 1. The number of ether oxygens (including phenoxy) is 3. The molecule has 100 valence electrons. The van der Waals surface area contributed by atoms with E-state index in [4.69, 9.17) is 20.1 Å². The van der Waals surface area contributed by atoms with Crippen LogP contribution in [0.5, 0.6) is 11.5 Å². The fraction of sp³-hybridized carbons (Fsp3) is 0.538. The van der Waals surface area contributed by atoms with Gasteiger partial charge in [-0.15, -0.1) is 0 Å². The van der Waals surface area contributed by atoms with Crippen LogP contribution in [0.1, 0.15) is 24.9 Å². The summed E-state index contributed by atoms with van der Waals surface area (Å²) in [5.41, 5.74) is 3.89. The van der Waals surface area contributed by atoms with Crippen molar-refractivity contribution in [1.29, 1.82) is 0 Å². The molecule has 0 saturated carbocycles. The van der Waals surface area contributed by atoms with E-state index in [-0.39, 0.29) is 12.1 Å². The highest BCUT2D eigenvalue weighted by molar-refractivity contribution is 5.44. The first kappa shape index (κ1) is 13.1. The predicted octanol–water partition coefficient (Wildman–Crippen LogP) is 1.39. The lowest BCUT2D eigenvalue weighted by Crippen LogP contribution is -2.31. The van der Waals surface area contributed by atoms with E-state index in [2.05, 4.69) is 5.43 Å². The van der Waals surface area contributed by atoms with Crippen LogP contribution in [-0.4, -0.2) is 26.4 Å². The van der Waals surface area contributed by atoms with Crippen molar-refractivity contribution in [2.75, 3.05) is 20.3 Å². The van der Waals surface area contributed by atoms with Crippen molar-refractivity contribution in [2.24, 2.45) is 5.84 Å². The van der Waals surface area contributed by atoms with Crippen LogP contribution in [0.4, 0.5) is 0 Å². The summed E-state index contributed by atoms with van der Waals surface area (Å²) >= 11 is 0. The van der Waals surface area contributed by atoms with Crippen LogP contribution < -0.4 is 20.7 Å². The summed E-state index contributed by atoms with van der Waals surface area (Å²) in [6.07, 6.45) is 0.936. The molecule has 1 heterocycles. The van der Waals surface area contributed by atoms with Gasteiger partial charge in [-0.25, -0.2) is 0 Å². The molecule has 0 fully saturated rings. The lowest BCUT2D eigenvalue weighted by atomic mass is 10.0. The summed E-state index contributed by atoms with van der Waals surface area (Å²) in [6, 6.07) is 5.93. The lowest BCUT2D eigenvalue weighted by molar-refractivity contribution is 0.100. The van der Waals surface area contributed by atoms with Gasteiger partial charge in [-0.3, -0.25) is 11.3 Å². The Labute approximate surface area is 107 Å². The van der Waals surface area contributed by atoms with Crippen LogP contribution in [-0.2, 0) is 4.74 Å². The second-order valence-electron chi connectivity index (χ2n) is 4.40. The first-order valence-electron chi connectivity index (χ1n) is 6.13. The van der Waals surface area contributed by atoms with E-state index < -0.39 is 0 Å². The van der Waals surface area contributed by atoms with Crippen molar-refractivity contribution in [3.8, 4) is 11.5 Å². The van der Waals surface area contributed by atoms with Gasteiger partial charge >= 0.3 is 0 Å². The number of hydrazine groups is 1. The summed E-state index contributed by atoms with van der Waals surface area (Å²) in [5, 5.41) is 0. The Bertz CT molecular complexity index is 398. The minimum Gasteiger partial charge on any atom is -0.486 e. The van der Waals surface area contributed by atoms with Gasteiger partial charge in [-0.05, 0) is 31.0 Å². The second-order valence-corrected chi connectivity index (χ2v) is 4.40. The Morgan fingerprint density at radius 3 is 2.72 bits per heavy atom. The number of hydrogen-bond acceptors (Lipinski definition) is 5. The van der Waals surface area contributed by atoms with E-state index in [9.17, 15) is 0 Å². The predicted molar refractivity (Wildman–Crippen MR) is 68.6 cm³/mol. The van der Waals surface area contributed by atoms with Gasteiger partial charge in [0.2, 0.25) is 0 Å². The van der Waals surface area contributed by atoms with Crippen LogP contribution in [0.3, 0.4) is 0 Å². The molecule has 0 radical (unpaired) electrons. The Hall–Kier alpha value is -1.30. The molecule has 1 aromatic carbocycles. The van der Waals surface area contributed by atoms with Crippen LogP contribution >= 0.6 is 0 Å². The highest BCUT2D eigenvalue weighted by Crippen LogP contribution is 2.33. The van der Waals surface area contributed by atoms with E-state index in [0.29, 0.717) is 13.2 Å². The van der Waals surface area contributed by atoms with Gasteiger partial charge in [0.05, 0.1) is 6.10 Å². The smallest absolute Gasteiger partial charge is 0.161 e. The molecule has 5 nitrogen and oxygen atoms in total. The van der Waals surface area contributed by atoms with E-state index >= 15 is 0 Å². The lowest BCUT2D eigenvalue weighted by Gasteiger charge is -2.23. The highest BCUT2D eigenvalue weighted by atomic mass is 16.6. The minimum atomic E-state index is 0.0378. The maximum absolute atomic E-state index is 5.61.